The molecule has 0 aliphatic heterocycles. The Balaban J connectivity index is 2.73. The van der Waals surface area contributed by atoms with Gasteiger partial charge in [0.05, 0.1) is 11.7 Å². The maximum absolute atomic E-state index is 11.1. The van der Waals surface area contributed by atoms with Crippen LogP contribution in [-0.4, -0.2) is 10.8 Å². The minimum absolute atomic E-state index is 0.373. The lowest BCUT2D eigenvalue weighted by Gasteiger charge is -1.92. The van der Waals surface area contributed by atoms with Crippen LogP contribution in [0.25, 0.3) is 11.1 Å². The van der Waals surface area contributed by atoms with Gasteiger partial charge in [-0.3, -0.25) is 4.57 Å². The molecule has 0 unspecified atom stereocenters. The Labute approximate surface area is 79.4 Å². The predicted molar refractivity (Wildman–Crippen MR) is 53.2 cm³/mol. The highest BCUT2D eigenvalue weighted by molar-refractivity contribution is 5.86. The maximum atomic E-state index is 11.1. The molecule has 0 fully saturated rings. The van der Waals surface area contributed by atoms with E-state index in [0.29, 0.717) is 5.58 Å². The molecule has 0 saturated heterocycles. The zero-order valence-electron chi connectivity index (χ0n) is 7.60. The number of aromatic nitrogens is 1. The predicted octanol–water partition coefficient (Wildman–Crippen LogP) is 0.424. The van der Waals surface area contributed by atoms with Gasteiger partial charge in [0.1, 0.15) is 0 Å². The largest absolute Gasteiger partial charge is 0.419 e. The molecule has 0 radical (unpaired) electrons. The third kappa shape index (κ3) is 1.19. The van der Waals surface area contributed by atoms with Crippen molar-refractivity contribution in [3.8, 4) is 0 Å². The number of hydrazone groups is 1. The average Bonchev–Trinajstić information content (AvgIpc) is 2.43. The molecule has 2 aromatic rings. The highest BCUT2D eigenvalue weighted by Crippen LogP contribution is 2.12. The molecule has 0 atom stereocenters. The van der Waals surface area contributed by atoms with E-state index >= 15 is 0 Å². The molecule has 0 aliphatic carbocycles. The molecule has 1 aromatic heterocycles. The van der Waals surface area contributed by atoms with Crippen LogP contribution in [0.3, 0.4) is 0 Å². The van der Waals surface area contributed by atoms with Crippen molar-refractivity contribution in [3.63, 3.8) is 0 Å². The minimum atomic E-state index is -0.373. The van der Waals surface area contributed by atoms with Crippen LogP contribution in [0.4, 0.5) is 0 Å². The zero-order chi connectivity index (χ0) is 10.1. The van der Waals surface area contributed by atoms with Crippen molar-refractivity contribution in [1.82, 2.24) is 4.57 Å². The summed E-state index contributed by atoms with van der Waals surface area (Å²) in [7, 11) is 1.66. The lowest BCUT2D eigenvalue weighted by molar-refractivity contribution is 0.528. The van der Waals surface area contributed by atoms with E-state index in [2.05, 4.69) is 5.10 Å². The van der Waals surface area contributed by atoms with Crippen molar-refractivity contribution in [1.29, 1.82) is 0 Å². The van der Waals surface area contributed by atoms with Crippen LogP contribution in [-0.2, 0) is 7.05 Å². The van der Waals surface area contributed by atoms with E-state index in [1.165, 1.54) is 10.8 Å². The van der Waals surface area contributed by atoms with Crippen molar-refractivity contribution in [2.24, 2.45) is 18.0 Å². The Kier molecular flexibility index (Phi) is 1.85. The zero-order valence-corrected chi connectivity index (χ0v) is 7.60. The molecule has 1 heterocycles. The number of aryl methyl sites for hydroxylation is 1. The van der Waals surface area contributed by atoms with Crippen LogP contribution in [0.5, 0.6) is 0 Å². The Morgan fingerprint density at radius 3 is 3.07 bits per heavy atom. The van der Waals surface area contributed by atoms with Crippen LogP contribution in [0.15, 0.2) is 32.5 Å². The highest BCUT2D eigenvalue weighted by Gasteiger charge is 2.04. The van der Waals surface area contributed by atoms with E-state index in [9.17, 15) is 4.79 Å². The summed E-state index contributed by atoms with van der Waals surface area (Å²) in [6.45, 7) is 0. The van der Waals surface area contributed by atoms with E-state index in [4.69, 9.17) is 10.3 Å². The van der Waals surface area contributed by atoms with Crippen molar-refractivity contribution < 1.29 is 4.42 Å². The summed E-state index contributed by atoms with van der Waals surface area (Å²) in [5.41, 5.74) is 2.09. The topological polar surface area (TPSA) is 73.5 Å². The second-order valence-corrected chi connectivity index (χ2v) is 2.93. The molecule has 0 aliphatic rings. The summed E-state index contributed by atoms with van der Waals surface area (Å²) in [4.78, 5) is 11.1. The number of hydrogen-bond acceptors (Lipinski definition) is 4. The van der Waals surface area contributed by atoms with Gasteiger partial charge in [0.25, 0.3) is 0 Å². The van der Waals surface area contributed by atoms with Crippen molar-refractivity contribution >= 4 is 17.3 Å². The third-order valence-corrected chi connectivity index (χ3v) is 2.04. The van der Waals surface area contributed by atoms with E-state index in [-0.39, 0.29) is 5.76 Å². The summed E-state index contributed by atoms with van der Waals surface area (Å²) >= 11 is 0. The van der Waals surface area contributed by atoms with Crippen molar-refractivity contribution in [2.45, 2.75) is 0 Å². The first-order valence-corrected chi connectivity index (χ1v) is 4.05. The quantitative estimate of drug-likeness (QED) is 0.403. The van der Waals surface area contributed by atoms with Crippen LogP contribution < -0.4 is 11.6 Å². The van der Waals surface area contributed by atoms with Gasteiger partial charge >= 0.3 is 5.76 Å². The van der Waals surface area contributed by atoms with Gasteiger partial charge in [-0.05, 0) is 17.7 Å². The van der Waals surface area contributed by atoms with Crippen molar-refractivity contribution in [2.75, 3.05) is 0 Å². The first kappa shape index (κ1) is 8.55. The first-order valence-electron chi connectivity index (χ1n) is 4.05. The number of benzene rings is 1. The normalized spacial score (nSPS) is 11.5. The minimum Gasteiger partial charge on any atom is -0.408 e. The molecule has 2 N–H and O–H groups in total. The molecule has 14 heavy (non-hydrogen) atoms. The van der Waals surface area contributed by atoms with E-state index in [1.807, 2.05) is 6.07 Å². The Morgan fingerprint density at radius 1 is 1.57 bits per heavy atom. The monoisotopic (exact) mass is 191 g/mol. The lowest BCUT2D eigenvalue weighted by atomic mass is 10.2. The summed E-state index contributed by atoms with van der Waals surface area (Å²) in [6, 6.07) is 5.32. The number of rotatable bonds is 1. The molecule has 2 rings (SSSR count). The van der Waals surface area contributed by atoms with Gasteiger partial charge < -0.3 is 10.3 Å². The fraction of sp³-hybridized carbons (Fsp3) is 0.111. The van der Waals surface area contributed by atoms with Gasteiger partial charge in [-0.15, -0.1) is 0 Å². The van der Waals surface area contributed by atoms with Crippen molar-refractivity contribution in [3.05, 3.63) is 34.3 Å². The molecule has 0 spiro atoms. The fourth-order valence-electron chi connectivity index (χ4n) is 1.32. The second kappa shape index (κ2) is 3.02. The van der Waals surface area contributed by atoms with Crippen LogP contribution >= 0.6 is 0 Å². The van der Waals surface area contributed by atoms with E-state index in [0.717, 1.165) is 11.1 Å². The number of fused-ring (bicyclic) bond motifs is 1. The molecular formula is C9H9N3O2. The van der Waals surface area contributed by atoms with Gasteiger partial charge in [-0.1, -0.05) is 6.07 Å². The van der Waals surface area contributed by atoms with Crippen LogP contribution in [0, 0.1) is 0 Å². The van der Waals surface area contributed by atoms with Gasteiger partial charge in [-0.2, -0.15) is 5.10 Å². The molecule has 0 saturated carbocycles. The SMILES string of the molecule is Cn1c(=O)oc2cc(C=NN)ccc21. The van der Waals surface area contributed by atoms with Crippen LogP contribution in [0.2, 0.25) is 0 Å². The molecule has 5 heteroatoms. The number of nitrogens with zero attached hydrogens (tertiary/aromatic N) is 2. The fourth-order valence-corrected chi connectivity index (χ4v) is 1.32. The Morgan fingerprint density at radius 2 is 2.36 bits per heavy atom. The summed E-state index contributed by atoms with van der Waals surface area (Å²) in [6.07, 6.45) is 1.49. The van der Waals surface area contributed by atoms with Crippen LogP contribution in [0.1, 0.15) is 5.56 Å². The van der Waals surface area contributed by atoms with Gasteiger partial charge in [0, 0.05) is 7.05 Å². The third-order valence-electron chi connectivity index (χ3n) is 2.04. The molecule has 72 valence electrons. The van der Waals surface area contributed by atoms with E-state index < -0.39 is 0 Å². The smallest absolute Gasteiger partial charge is 0.408 e. The number of oxazole rings is 1. The van der Waals surface area contributed by atoms with Gasteiger partial charge in [0.2, 0.25) is 0 Å². The average molecular weight is 191 g/mol. The summed E-state index contributed by atoms with van der Waals surface area (Å²) in [5, 5.41) is 3.39. The van der Waals surface area contributed by atoms with Gasteiger partial charge in [-0.25, -0.2) is 4.79 Å². The Hall–Kier alpha value is -2.04. The summed E-state index contributed by atoms with van der Waals surface area (Å²) in [5.74, 6) is 4.64. The van der Waals surface area contributed by atoms with Gasteiger partial charge in [0.15, 0.2) is 5.58 Å². The number of hydrogen-bond donors (Lipinski definition) is 1. The number of nitrogens with two attached hydrogens (primary N) is 1. The lowest BCUT2D eigenvalue weighted by Crippen LogP contribution is -2.08. The van der Waals surface area contributed by atoms with E-state index in [1.54, 1.807) is 19.2 Å². The molecule has 5 nitrogen and oxygen atoms in total. The Bertz CT molecular complexity index is 551. The molecule has 0 bridgehead atoms. The highest BCUT2D eigenvalue weighted by atomic mass is 16.4. The maximum Gasteiger partial charge on any atom is 0.419 e. The molecular weight excluding hydrogens is 182 g/mol. The molecule has 0 amide bonds. The standard InChI is InChI=1S/C9H9N3O2/c1-12-7-3-2-6(5-11-10)4-8(7)14-9(12)13/h2-5H,10H2,1H3. The summed E-state index contributed by atoms with van der Waals surface area (Å²) < 4.78 is 6.43. The molecule has 1 aromatic carbocycles. The second-order valence-electron chi connectivity index (χ2n) is 2.93. The first-order chi connectivity index (χ1) is 6.72.